The molecule has 2 heterocycles. The zero-order valence-corrected chi connectivity index (χ0v) is 14.9. The van der Waals surface area contributed by atoms with Crippen molar-refractivity contribution in [2.45, 2.75) is 26.2 Å². The normalized spacial score (nSPS) is 15.5. The van der Waals surface area contributed by atoms with E-state index >= 15 is 0 Å². The van der Waals surface area contributed by atoms with Gasteiger partial charge >= 0.3 is 0 Å². The molecule has 2 aromatic rings. The van der Waals surface area contributed by atoms with Gasteiger partial charge in [0.15, 0.2) is 0 Å². The predicted molar refractivity (Wildman–Crippen MR) is 104 cm³/mol. The molecule has 1 aromatic heterocycles. The summed E-state index contributed by atoms with van der Waals surface area (Å²) in [6, 6.07) is 14.6. The first-order valence-electron chi connectivity index (χ1n) is 8.94. The van der Waals surface area contributed by atoms with Crippen LogP contribution in [0.1, 0.15) is 35.4 Å². The maximum Gasteiger partial charge on any atom is 0.0910 e. The van der Waals surface area contributed by atoms with Gasteiger partial charge in [0, 0.05) is 24.2 Å². The molecule has 0 spiro atoms. The molecule has 3 nitrogen and oxygen atoms in total. The highest BCUT2D eigenvalue weighted by atomic mass is 16.3. The lowest BCUT2D eigenvalue weighted by molar-refractivity contribution is 0.377. The van der Waals surface area contributed by atoms with Crippen LogP contribution in [0.4, 0.5) is 0 Å². The second-order valence-electron chi connectivity index (χ2n) is 6.75. The number of aliphatic hydroxyl groups is 1. The Morgan fingerprint density at radius 3 is 2.56 bits per heavy atom. The van der Waals surface area contributed by atoms with Crippen molar-refractivity contribution in [2.24, 2.45) is 0 Å². The van der Waals surface area contributed by atoms with E-state index in [2.05, 4.69) is 48.7 Å². The molecule has 130 valence electrons. The van der Waals surface area contributed by atoms with Crippen molar-refractivity contribution in [3.8, 4) is 0 Å². The lowest BCUT2D eigenvalue weighted by Gasteiger charge is -2.14. The van der Waals surface area contributed by atoms with E-state index in [9.17, 15) is 5.11 Å². The molecule has 0 radical (unpaired) electrons. The van der Waals surface area contributed by atoms with E-state index in [1.165, 1.54) is 37.1 Å². The summed E-state index contributed by atoms with van der Waals surface area (Å²) in [6.07, 6.45) is 5.26. The van der Waals surface area contributed by atoms with Gasteiger partial charge in [-0.1, -0.05) is 48.6 Å². The standard InChI is InChI=1S/C22H26N2O/c1-17-8-10-19(11-9-17)21(12-15-24-13-3-4-14-24)22-7-5-6-20(23-22)16-18(2)25/h5-12,25H,2-4,13-16H2,1H3/b21-12-. The molecule has 25 heavy (non-hydrogen) atoms. The topological polar surface area (TPSA) is 36.4 Å². The van der Waals surface area contributed by atoms with Crippen molar-refractivity contribution in [3.63, 3.8) is 0 Å². The molecule has 0 unspecified atom stereocenters. The van der Waals surface area contributed by atoms with Crippen molar-refractivity contribution in [2.75, 3.05) is 19.6 Å². The maximum absolute atomic E-state index is 9.47. The molecule has 1 fully saturated rings. The number of hydrogen-bond donors (Lipinski definition) is 1. The average Bonchev–Trinajstić information content (AvgIpc) is 3.10. The van der Waals surface area contributed by atoms with Crippen LogP contribution in [0.25, 0.3) is 5.57 Å². The first-order chi connectivity index (χ1) is 12.1. The lowest BCUT2D eigenvalue weighted by atomic mass is 10.00. The van der Waals surface area contributed by atoms with Crippen LogP contribution >= 0.6 is 0 Å². The highest BCUT2D eigenvalue weighted by Crippen LogP contribution is 2.23. The van der Waals surface area contributed by atoms with Gasteiger partial charge in [0.05, 0.1) is 11.5 Å². The van der Waals surface area contributed by atoms with Gasteiger partial charge in [-0.3, -0.25) is 9.88 Å². The number of rotatable bonds is 6. The third kappa shape index (κ3) is 4.80. The van der Waals surface area contributed by atoms with Crippen molar-refractivity contribution >= 4 is 5.57 Å². The van der Waals surface area contributed by atoms with Crippen LogP contribution in [-0.4, -0.2) is 34.6 Å². The van der Waals surface area contributed by atoms with Gasteiger partial charge in [0.2, 0.25) is 0 Å². The van der Waals surface area contributed by atoms with E-state index in [0.29, 0.717) is 6.42 Å². The summed E-state index contributed by atoms with van der Waals surface area (Å²) in [5.41, 5.74) is 5.36. The monoisotopic (exact) mass is 334 g/mol. The Balaban J connectivity index is 1.93. The molecule has 0 aliphatic carbocycles. The smallest absolute Gasteiger partial charge is 0.0910 e. The SMILES string of the molecule is C=C(O)Cc1cccc(/C(=C\CN2CCCC2)c2ccc(C)cc2)n1. The lowest BCUT2D eigenvalue weighted by Crippen LogP contribution is -2.19. The molecule has 1 aliphatic rings. The molecule has 0 amide bonds. The Kier molecular flexibility index (Phi) is 5.67. The van der Waals surface area contributed by atoms with Crippen LogP contribution < -0.4 is 0 Å². The molecular weight excluding hydrogens is 308 g/mol. The van der Waals surface area contributed by atoms with Gasteiger partial charge in [-0.15, -0.1) is 0 Å². The summed E-state index contributed by atoms with van der Waals surface area (Å²) >= 11 is 0. The second kappa shape index (κ2) is 8.13. The Morgan fingerprint density at radius 2 is 1.88 bits per heavy atom. The minimum Gasteiger partial charge on any atom is -0.513 e. The molecule has 1 saturated heterocycles. The summed E-state index contributed by atoms with van der Waals surface area (Å²) < 4.78 is 0. The zero-order chi connectivity index (χ0) is 17.6. The number of aliphatic hydroxyl groups excluding tert-OH is 1. The highest BCUT2D eigenvalue weighted by molar-refractivity contribution is 5.78. The molecule has 0 saturated carbocycles. The molecule has 0 bridgehead atoms. The first kappa shape index (κ1) is 17.4. The summed E-state index contributed by atoms with van der Waals surface area (Å²) in [4.78, 5) is 7.23. The van der Waals surface area contributed by atoms with Crippen LogP contribution in [0.2, 0.25) is 0 Å². The van der Waals surface area contributed by atoms with E-state index in [4.69, 9.17) is 4.98 Å². The quantitative estimate of drug-likeness (QED) is 0.788. The number of benzene rings is 1. The molecule has 3 heteroatoms. The molecule has 1 aromatic carbocycles. The number of aromatic nitrogens is 1. The van der Waals surface area contributed by atoms with E-state index in [-0.39, 0.29) is 5.76 Å². The second-order valence-corrected chi connectivity index (χ2v) is 6.75. The van der Waals surface area contributed by atoms with Crippen molar-refractivity contribution in [1.29, 1.82) is 0 Å². The van der Waals surface area contributed by atoms with Gasteiger partial charge in [-0.2, -0.15) is 0 Å². The third-order valence-corrected chi connectivity index (χ3v) is 4.58. The van der Waals surface area contributed by atoms with Crippen LogP contribution in [-0.2, 0) is 6.42 Å². The number of allylic oxidation sites excluding steroid dienone is 1. The van der Waals surface area contributed by atoms with Crippen molar-refractivity contribution in [3.05, 3.63) is 83.4 Å². The van der Waals surface area contributed by atoms with E-state index in [1.807, 2.05) is 18.2 Å². The van der Waals surface area contributed by atoms with E-state index < -0.39 is 0 Å². The number of pyridine rings is 1. The summed E-state index contributed by atoms with van der Waals surface area (Å²) in [5, 5.41) is 9.47. The third-order valence-electron chi connectivity index (χ3n) is 4.58. The Morgan fingerprint density at radius 1 is 1.16 bits per heavy atom. The Labute approximate surface area is 150 Å². The minimum atomic E-state index is 0.141. The van der Waals surface area contributed by atoms with Gasteiger partial charge in [-0.05, 0) is 50.6 Å². The number of hydrogen-bond acceptors (Lipinski definition) is 3. The maximum atomic E-state index is 9.47. The van der Waals surface area contributed by atoms with Gasteiger partial charge in [0.1, 0.15) is 0 Å². The number of nitrogens with zero attached hydrogens (tertiary/aromatic N) is 2. The van der Waals surface area contributed by atoms with Crippen LogP contribution in [0, 0.1) is 6.92 Å². The summed E-state index contributed by atoms with van der Waals surface area (Å²) in [7, 11) is 0. The Hall–Kier alpha value is -2.39. The summed E-state index contributed by atoms with van der Waals surface area (Å²) in [6.45, 7) is 8.97. The van der Waals surface area contributed by atoms with Crippen molar-refractivity contribution in [1.82, 2.24) is 9.88 Å². The highest BCUT2D eigenvalue weighted by Gasteiger charge is 2.12. The Bertz CT molecular complexity index is 756. The average molecular weight is 334 g/mol. The molecule has 3 rings (SSSR count). The van der Waals surface area contributed by atoms with E-state index in [0.717, 1.165) is 23.5 Å². The fourth-order valence-electron chi connectivity index (χ4n) is 3.23. The molecule has 0 atom stereocenters. The van der Waals surface area contributed by atoms with Crippen LogP contribution in [0.3, 0.4) is 0 Å². The number of likely N-dealkylation sites (tertiary alicyclic amines) is 1. The van der Waals surface area contributed by atoms with Crippen LogP contribution in [0.15, 0.2) is 60.9 Å². The van der Waals surface area contributed by atoms with Crippen LogP contribution in [0.5, 0.6) is 0 Å². The van der Waals surface area contributed by atoms with Gasteiger partial charge < -0.3 is 5.11 Å². The largest absolute Gasteiger partial charge is 0.513 e. The minimum absolute atomic E-state index is 0.141. The zero-order valence-electron chi connectivity index (χ0n) is 14.9. The van der Waals surface area contributed by atoms with Gasteiger partial charge in [-0.25, -0.2) is 0 Å². The fourth-order valence-corrected chi connectivity index (χ4v) is 3.23. The molecule has 1 N–H and O–H groups in total. The summed E-state index contributed by atoms with van der Waals surface area (Å²) in [5.74, 6) is 0.141. The molecular formula is C22H26N2O. The number of aryl methyl sites for hydroxylation is 1. The fraction of sp³-hybridized carbons (Fsp3) is 0.318. The van der Waals surface area contributed by atoms with Crippen molar-refractivity contribution < 1.29 is 5.11 Å². The predicted octanol–water partition coefficient (Wildman–Crippen LogP) is 4.53. The van der Waals surface area contributed by atoms with E-state index in [1.54, 1.807) is 0 Å². The first-order valence-corrected chi connectivity index (χ1v) is 8.94. The molecule has 1 aliphatic heterocycles. The van der Waals surface area contributed by atoms with Gasteiger partial charge in [0.25, 0.3) is 0 Å².